The number of sulfonamides is 1. The summed E-state index contributed by atoms with van der Waals surface area (Å²) in [7, 11) is -3.51. The summed E-state index contributed by atoms with van der Waals surface area (Å²) in [6.45, 7) is 6.02. The van der Waals surface area contributed by atoms with Gasteiger partial charge in [0.2, 0.25) is 10.0 Å². The minimum absolute atomic E-state index is 0.264. The van der Waals surface area contributed by atoms with Crippen molar-refractivity contribution >= 4 is 10.0 Å². The van der Waals surface area contributed by atoms with Crippen LogP contribution in [0.2, 0.25) is 0 Å². The van der Waals surface area contributed by atoms with E-state index >= 15 is 0 Å². The molecule has 4 heteroatoms. The molecule has 0 aromatic heterocycles. The fourth-order valence-corrected chi connectivity index (χ4v) is 3.67. The van der Waals surface area contributed by atoms with E-state index in [4.69, 9.17) is 0 Å². The molecule has 1 N–H and O–H groups in total. The highest BCUT2D eigenvalue weighted by atomic mass is 32.2. The molecule has 0 saturated heterocycles. The molecule has 0 aliphatic heterocycles. The van der Waals surface area contributed by atoms with Gasteiger partial charge in [0, 0.05) is 6.04 Å². The molecule has 2 rings (SSSR count). The van der Waals surface area contributed by atoms with Gasteiger partial charge < -0.3 is 0 Å². The predicted octanol–water partition coefficient (Wildman–Crippen LogP) is 4.38. The lowest BCUT2D eigenvalue weighted by molar-refractivity contribution is 0.567. The molecule has 0 amide bonds. The predicted molar refractivity (Wildman–Crippen MR) is 95.0 cm³/mol. The Balaban J connectivity index is 2.10. The number of hydrogen-bond acceptors (Lipinski definition) is 2. The standard InChI is InChI=1S/C19H25NO2S/c1-4-5-6-17-9-13-19(14-10-17)23(21,22)20-16(3)18-11-7-15(2)8-12-18/h7-14,16,20H,4-6H2,1-3H3. The summed E-state index contributed by atoms with van der Waals surface area (Å²) in [6.07, 6.45) is 3.24. The normalized spacial score (nSPS) is 13.0. The van der Waals surface area contributed by atoms with Crippen LogP contribution in [0.4, 0.5) is 0 Å². The molecule has 2 aromatic carbocycles. The Hall–Kier alpha value is -1.65. The minimum Gasteiger partial charge on any atom is -0.207 e. The van der Waals surface area contributed by atoms with Crippen LogP contribution in [0.5, 0.6) is 0 Å². The van der Waals surface area contributed by atoms with Crippen molar-refractivity contribution in [3.63, 3.8) is 0 Å². The van der Waals surface area contributed by atoms with Crippen LogP contribution < -0.4 is 4.72 Å². The number of hydrogen-bond donors (Lipinski definition) is 1. The highest BCUT2D eigenvalue weighted by Gasteiger charge is 2.18. The zero-order valence-corrected chi connectivity index (χ0v) is 14.9. The van der Waals surface area contributed by atoms with Crippen molar-refractivity contribution in [1.82, 2.24) is 4.72 Å². The van der Waals surface area contributed by atoms with Crippen molar-refractivity contribution in [1.29, 1.82) is 0 Å². The summed E-state index contributed by atoms with van der Waals surface area (Å²) in [5.74, 6) is 0. The molecule has 124 valence electrons. The molecule has 0 fully saturated rings. The van der Waals surface area contributed by atoms with Crippen molar-refractivity contribution in [2.75, 3.05) is 0 Å². The van der Waals surface area contributed by atoms with E-state index in [0.717, 1.165) is 30.4 Å². The lowest BCUT2D eigenvalue weighted by Gasteiger charge is -2.15. The molecule has 0 bridgehead atoms. The van der Waals surface area contributed by atoms with E-state index in [9.17, 15) is 8.42 Å². The Morgan fingerprint density at radius 3 is 2.17 bits per heavy atom. The number of nitrogens with one attached hydrogen (secondary N) is 1. The van der Waals surface area contributed by atoms with Gasteiger partial charge in [-0.1, -0.05) is 55.3 Å². The molecule has 0 radical (unpaired) electrons. The quantitative estimate of drug-likeness (QED) is 0.818. The molecular formula is C19H25NO2S. The first-order valence-electron chi connectivity index (χ1n) is 8.10. The van der Waals surface area contributed by atoms with E-state index in [1.807, 2.05) is 50.2 Å². The molecule has 3 nitrogen and oxygen atoms in total. The Morgan fingerprint density at radius 1 is 1.00 bits per heavy atom. The zero-order chi connectivity index (χ0) is 16.9. The molecule has 0 aliphatic rings. The molecule has 0 saturated carbocycles. The second-order valence-corrected chi connectivity index (χ2v) is 7.72. The minimum atomic E-state index is -3.51. The second-order valence-electron chi connectivity index (χ2n) is 6.00. The van der Waals surface area contributed by atoms with Gasteiger partial charge >= 0.3 is 0 Å². The Kier molecular flexibility index (Phi) is 5.97. The molecule has 2 aromatic rings. The SMILES string of the molecule is CCCCc1ccc(S(=O)(=O)NC(C)c2ccc(C)cc2)cc1. The van der Waals surface area contributed by atoms with Crippen LogP contribution in [0.25, 0.3) is 0 Å². The topological polar surface area (TPSA) is 46.2 Å². The number of aryl methyl sites for hydroxylation is 2. The van der Waals surface area contributed by atoms with E-state index in [2.05, 4.69) is 11.6 Å². The smallest absolute Gasteiger partial charge is 0.207 e. The molecule has 0 aliphatic carbocycles. The van der Waals surface area contributed by atoms with Gasteiger partial charge in [-0.2, -0.15) is 0 Å². The molecule has 0 heterocycles. The maximum Gasteiger partial charge on any atom is 0.241 e. The van der Waals surface area contributed by atoms with Gasteiger partial charge in [0.05, 0.1) is 4.90 Å². The van der Waals surface area contributed by atoms with E-state index in [0.29, 0.717) is 4.90 Å². The average Bonchev–Trinajstić information content (AvgIpc) is 2.53. The van der Waals surface area contributed by atoms with Gasteiger partial charge in [0.15, 0.2) is 0 Å². The summed E-state index contributed by atoms with van der Waals surface area (Å²) < 4.78 is 27.7. The summed E-state index contributed by atoms with van der Waals surface area (Å²) in [5, 5.41) is 0. The van der Waals surface area contributed by atoms with E-state index < -0.39 is 10.0 Å². The third-order valence-electron chi connectivity index (χ3n) is 3.96. The van der Waals surface area contributed by atoms with E-state index in [1.165, 1.54) is 5.56 Å². The van der Waals surface area contributed by atoms with Gasteiger partial charge in [-0.15, -0.1) is 0 Å². The fraction of sp³-hybridized carbons (Fsp3) is 0.368. The van der Waals surface area contributed by atoms with Crippen molar-refractivity contribution in [2.45, 2.75) is 51.0 Å². The van der Waals surface area contributed by atoms with Gasteiger partial charge in [-0.25, -0.2) is 13.1 Å². The van der Waals surface area contributed by atoms with Gasteiger partial charge in [0.1, 0.15) is 0 Å². The maximum atomic E-state index is 12.5. The zero-order valence-electron chi connectivity index (χ0n) is 14.0. The summed E-state index contributed by atoms with van der Waals surface area (Å²) >= 11 is 0. The molecule has 0 spiro atoms. The molecule has 23 heavy (non-hydrogen) atoms. The van der Waals surface area contributed by atoms with Gasteiger partial charge in [-0.05, 0) is 49.9 Å². The molecular weight excluding hydrogens is 306 g/mol. The fourth-order valence-electron chi connectivity index (χ4n) is 2.44. The van der Waals surface area contributed by atoms with Crippen molar-refractivity contribution in [3.8, 4) is 0 Å². The molecule has 1 unspecified atom stereocenters. The summed E-state index contributed by atoms with van der Waals surface area (Å²) in [6, 6.07) is 14.8. The number of benzene rings is 2. The third kappa shape index (κ3) is 4.91. The van der Waals surface area contributed by atoms with Crippen molar-refractivity contribution in [2.24, 2.45) is 0 Å². The Morgan fingerprint density at radius 2 is 1.61 bits per heavy atom. The van der Waals surface area contributed by atoms with Gasteiger partial charge in [-0.3, -0.25) is 0 Å². The van der Waals surface area contributed by atoms with Crippen molar-refractivity contribution < 1.29 is 8.42 Å². The van der Waals surface area contributed by atoms with Crippen LogP contribution in [-0.2, 0) is 16.4 Å². The van der Waals surface area contributed by atoms with Crippen LogP contribution in [0.1, 0.15) is 49.4 Å². The Labute approximate surface area is 139 Å². The van der Waals surface area contributed by atoms with Crippen LogP contribution in [0.15, 0.2) is 53.4 Å². The van der Waals surface area contributed by atoms with Crippen LogP contribution >= 0.6 is 0 Å². The first-order chi connectivity index (χ1) is 10.9. The lowest BCUT2D eigenvalue weighted by atomic mass is 10.1. The highest BCUT2D eigenvalue weighted by Crippen LogP contribution is 2.18. The number of unbranched alkanes of at least 4 members (excludes halogenated alkanes) is 1. The first kappa shape index (κ1) is 17.7. The summed E-state index contributed by atoms with van der Waals surface area (Å²) in [5.41, 5.74) is 3.29. The Bertz CT molecular complexity index is 719. The first-order valence-corrected chi connectivity index (χ1v) is 9.58. The van der Waals surface area contributed by atoms with Gasteiger partial charge in [0.25, 0.3) is 0 Å². The van der Waals surface area contributed by atoms with Crippen LogP contribution in [0, 0.1) is 6.92 Å². The number of rotatable bonds is 7. The average molecular weight is 331 g/mol. The summed E-state index contributed by atoms with van der Waals surface area (Å²) in [4.78, 5) is 0.316. The molecule has 1 atom stereocenters. The van der Waals surface area contributed by atoms with Crippen molar-refractivity contribution in [3.05, 3.63) is 65.2 Å². The highest BCUT2D eigenvalue weighted by molar-refractivity contribution is 7.89. The lowest BCUT2D eigenvalue weighted by Crippen LogP contribution is -2.26. The third-order valence-corrected chi connectivity index (χ3v) is 5.52. The van der Waals surface area contributed by atoms with Crippen LogP contribution in [-0.4, -0.2) is 8.42 Å². The van der Waals surface area contributed by atoms with Crippen LogP contribution in [0.3, 0.4) is 0 Å². The van der Waals surface area contributed by atoms with E-state index in [-0.39, 0.29) is 6.04 Å². The maximum absolute atomic E-state index is 12.5. The largest absolute Gasteiger partial charge is 0.241 e. The monoisotopic (exact) mass is 331 g/mol. The van der Waals surface area contributed by atoms with E-state index in [1.54, 1.807) is 12.1 Å². The second kappa shape index (κ2) is 7.75.